The maximum atomic E-state index is 11.4. The average molecular weight is 571 g/mol. The Morgan fingerprint density at radius 3 is 2.58 bits per heavy atom. The molecule has 2 fully saturated rings. The molecule has 3 N–H and O–H groups in total. The van der Waals surface area contributed by atoms with E-state index in [1.54, 1.807) is 25.2 Å². The second-order valence-corrected chi connectivity index (χ2v) is 11.2. The lowest BCUT2D eigenvalue weighted by Gasteiger charge is -2.54. The van der Waals surface area contributed by atoms with E-state index in [9.17, 15) is 15.0 Å². The highest BCUT2D eigenvalue weighted by Crippen LogP contribution is 2.45. The number of hydrogen-bond acceptors (Lipinski definition) is 9. The molecule has 0 saturated carbocycles. The highest BCUT2D eigenvalue weighted by Gasteiger charge is 2.46. The number of likely N-dealkylation sites (N-methyl/N-ethyl adjacent to an activating group) is 1. The molecule has 3 aromatic rings. The summed E-state index contributed by atoms with van der Waals surface area (Å²) in [5, 5.41) is 27.0. The lowest BCUT2D eigenvalue weighted by atomic mass is 9.72. The van der Waals surface area contributed by atoms with E-state index in [1.807, 2.05) is 20.8 Å². The number of anilines is 1. The Hall–Kier alpha value is -3.41. The number of aliphatic hydroxyl groups excluding tert-OH is 1. The van der Waals surface area contributed by atoms with Crippen molar-refractivity contribution in [2.45, 2.75) is 39.7 Å². The van der Waals surface area contributed by atoms with E-state index >= 15 is 0 Å². The molecular formula is C28H35ClN6O5. The first-order chi connectivity index (χ1) is 19.1. The van der Waals surface area contributed by atoms with E-state index in [0.717, 1.165) is 54.3 Å². The smallest absolute Gasteiger partial charge is 0.407 e. The second-order valence-electron chi connectivity index (χ2n) is 10.8. The SMILES string of the molecule is CNC[C@@H](O)COc1ccc(Cl)c(-c2nc(-c3c(C)noc3C)c(C)c(N3CC4(CCN(C(=O)O)CC4)C3)n2)c1. The molecule has 2 aliphatic rings. The highest BCUT2D eigenvalue weighted by atomic mass is 35.5. The fourth-order valence-electron chi connectivity index (χ4n) is 5.65. The molecule has 2 saturated heterocycles. The normalized spacial score (nSPS) is 17.1. The Morgan fingerprint density at radius 1 is 1.23 bits per heavy atom. The van der Waals surface area contributed by atoms with Crippen LogP contribution < -0.4 is 15.0 Å². The molecular weight excluding hydrogens is 536 g/mol. The van der Waals surface area contributed by atoms with Crippen LogP contribution >= 0.6 is 11.6 Å². The fraction of sp³-hybridized carbons (Fsp3) is 0.500. The zero-order valence-corrected chi connectivity index (χ0v) is 24.0. The number of rotatable bonds is 8. The molecule has 40 heavy (non-hydrogen) atoms. The number of carbonyl (C=O) groups is 1. The van der Waals surface area contributed by atoms with Crippen molar-refractivity contribution in [1.29, 1.82) is 0 Å². The van der Waals surface area contributed by atoms with Crippen LogP contribution in [0.5, 0.6) is 5.75 Å². The standard InChI is InChI=1S/C28H35ClN6O5/c1-16-24(23-17(2)33-40-18(23)3)31-25(21-11-20(5-6-22(21)29)39-13-19(36)12-30-4)32-26(16)35-14-28(15-35)7-9-34(10-8-28)27(37)38/h5-6,11,19,30,36H,7-10,12-15H2,1-4H3,(H,37,38)/t19-/m1/s1. The fourth-order valence-corrected chi connectivity index (χ4v) is 5.85. The maximum Gasteiger partial charge on any atom is 0.407 e. The van der Waals surface area contributed by atoms with Crippen LogP contribution in [0, 0.1) is 26.2 Å². The number of ether oxygens (including phenoxy) is 1. The summed E-state index contributed by atoms with van der Waals surface area (Å²) in [6.07, 6.45) is 0.145. The summed E-state index contributed by atoms with van der Waals surface area (Å²) in [5.74, 6) is 2.47. The van der Waals surface area contributed by atoms with Gasteiger partial charge in [-0.2, -0.15) is 0 Å². The average Bonchev–Trinajstić information content (AvgIpc) is 3.24. The number of aryl methyl sites for hydroxylation is 2. The first-order valence-electron chi connectivity index (χ1n) is 13.4. The summed E-state index contributed by atoms with van der Waals surface area (Å²) in [6.45, 7) is 8.97. The second kappa shape index (κ2) is 11.2. The van der Waals surface area contributed by atoms with Gasteiger partial charge in [-0.3, -0.25) is 0 Å². The van der Waals surface area contributed by atoms with Crippen LogP contribution in [-0.2, 0) is 0 Å². The Kier molecular flexibility index (Phi) is 7.89. The topological polar surface area (TPSA) is 137 Å². The van der Waals surface area contributed by atoms with Crippen LogP contribution in [0.4, 0.5) is 10.6 Å². The molecule has 1 atom stereocenters. The Balaban J connectivity index is 1.50. The number of nitrogens with one attached hydrogen (secondary N) is 1. The van der Waals surface area contributed by atoms with Gasteiger partial charge in [0.2, 0.25) is 0 Å². The molecule has 5 rings (SSSR count). The van der Waals surface area contributed by atoms with Crippen LogP contribution in [0.1, 0.15) is 29.9 Å². The monoisotopic (exact) mass is 570 g/mol. The predicted octanol–water partition coefficient (Wildman–Crippen LogP) is 3.92. The number of aromatic nitrogens is 3. The zero-order chi connectivity index (χ0) is 28.6. The van der Waals surface area contributed by atoms with Crippen molar-refractivity contribution in [3.63, 3.8) is 0 Å². The number of piperidine rings is 1. The molecule has 0 radical (unpaired) electrons. The molecule has 0 unspecified atom stereocenters. The number of benzene rings is 1. The number of likely N-dealkylation sites (tertiary alicyclic amines) is 1. The van der Waals surface area contributed by atoms with Crippen LogP contribution in [0.25, 0.3) is 22.6 Å². The molecule has 1 amide bonds. The van der Waals surface area contributed by atoms with Gasteiger partial charge in [0.05, 0.1) is 22.0 Å². The third-order valence-electron chi connectivity index (χ3n) is 7.90. The van der Waals surface area contributed by atoms with Crippen molar-refractivity contribution in [2.75, 3.05) is 51.3 Å². The van der Waals surface area contributed by atoms with Gasteiger partial charge in [-0.15, -0.1) is 0 Å². The molecule has 12 heteroatoms. The van der Waals surface area contributed by atoms with E-state index in [-0.39, 0.29) is 12.0 Å². The number of aliphatic hydroxyl groups is 1. The molecule has 1 spiro atoms. The molecule has 4 heterocycles. The number of amides is 1. The zero-order valence-electron chi connectivity index (χ0n) is 23.2. The number of carboxylic acid groups (broad SMARTS) is 1. The summed E-state index contributed by atoms with van der Waals surface area (Å²) in [5.41, 5.74) is 3.89. The number of halogens is 1. The van der Waals surface area contributed by atoms with Crippen LogP contribution in [0.3, 0.4) is 0 Å². The summed E-state index contributed by atoms with van der Waals surface area (Å²) in [6, 6.07) is 5.29. The van der Waals surface area contributed by atoms with E-state index in [4.69, 9.17) is 30.8 Å². The van der Waals surface area contributed by atoms with Gasteiger partial charge in [-0.1, -0.05) is 16.8 Å². The number of nitrogens with zero attached hydrogens (tertiary/aromatic N) is 5. The summed E-state index contributed by atoms with van der Waals surface area (Å²) in [7, 11) is 1.77. The molecule has 0 aliphatic carbocycles. The molecule has 1 aromatic carbocycles. The van der Waals surface area contributed by atoms with Gasteiger partial charge in [0.15, 0.2) is 5.82 Å². The molecule has 214 valence electrons. The lowest BCUT2D eigenvalue weighted by molar-refractivity contribution is 0.0706. The van der Waals surface area contributed by atoms with Crippen LogP contribution in [0.15, 0.2) is 22.7 Å². The minimum Gasteiger partial charge on any atom is -0.491 e. The number of hydrogen-bond donors (Lipinski definition) is 3. The maximum absolute atomic E-state index is 11.4. The van der Waals surface area contributed by atoms with Crippen LogP contribution in [-0.4, -0.2) is 88.8 Å². The van der Waals surface area contributed by atoms with Crippen molar-refractivity contribution in [3.05, 3.63) is 40.2 Å². The van der Waals surface area contributed by atoms with Crippen molar-refractivity contribution in [3.8, 4) is 28.4 Å². The first kappa shape index (κ1) is 28.1. The van der Waals surface area contributed by atoms with E-state index in [1.165, 1.54) is 4.90 Å². The van der Waals surface area contributed by atoms with Crippen molar-refractivity contribution < 1.29 is 24.3 Å². The van der Waals surface area contributed by atoms with Gasteiger partial charge in [-0.05, 0) is 58.9 Å². The Bertz CT molecular complexity index is 1380. The van der Waals surface area contributed by atoms with Crippen LogP contribution in [0.2, 0.25) is 5.02 Å². The third-order valence-corrected chi connectivity index (χ3v) is 8.23. The van der Waals surface area contributed by atoms with E-state index < -0.39 is 12.2 Å². The highest BCUT2D eigenvalue weighted by molar-refractivity contribution is 6.33. The van der Waals surface area contributed by atoms with Gasteiger partial charge >= 0.3 is 6.09 Å². The lowest BCUT2D eigenvalue weighted by Crippen LogP contribution is -2.61. The predicted molar refractivity (Wildman–Crippen MR) is 151 cm³/mol. The summed E-state index contributed by atoms with van der Waals surface area (Å²) < 4.78 is 11.3. The minimum absolute atomic E-state index is 0.0757. The van der Waals surface area contributed by atoms with Crippen molar-refractivity contribution in [2.24, 2.45) is 5.41 Å². The van der Waals surface area contributed by atoms with Gasteiger partial charge in [0.25, 0.3) is 0 Å². The van der Waals surface area contributed by atoms with E-state index in [2.05, 4.69) is 15.4 Å². The minimum atomic E-state index is -0.856. The molecule has 2 aliphatic heterocycles. The third kappa shape index (κ3) is 5.45. The molecule has 2 aromatic heterocycles. The quantitative estimate of drug-likeness (QED) is 0.365. The van der Waals surface area contributed by atoms with Gasteiger partial charge in [0, 0.05) is 49.3 Å². The van der Waals surface area contributed by atoms with Gasteiger partial charge < -0.3 is 34.6 Å². The summed E-state index contributed by atoms with van der Waals surface area (Å²) >= 11 is 6.67. The Morgan fingerprint density at radius 2 is 1.95 bits per heavy atom. The largest absolute Gasteiger partial charge is 0.491 e. The van der Waals surface area contributed by atoms with Gasteiger partial charge in [-0.25, -0.2) is 14.8 Å². The Labute approximate surface area is 238 Å². The van der Waals surface area contributed by atoms with Crippen molar-refractivity contribution in [1.82, 2.24) is 25.3 Å². The van der Waals surface area contributed by atoms with Crippen molar-refractivity contribution >= 4 is 23.5 Å². The van der Waals surface area contributed by atoms with Gasteiger partial charge in [0.1, 0.15) is 30.0 Å². The summed E-state index contributed by atoms with van der Waals surface area (Å²) in [4.78, 5) is 25.1. The molecule has 11 nitrogen and oxygen atoms in total. The molecule has 0 bridgehead atoms. The van der Waals surface area contributed by atoms with E-state index in [0.29, 0.717) is 47.6 Å². The first-order valence-corrected chi connectivity index (χ1v) is 13.8.